The van der Waals surface area contributed by atoms with Crippen LogP contribution in [-0.2, 0) is 4.79 Å². The Bertz CT molecular complexity index is 507. The zero-order valence-electron chi connectivity index (χ0n) is 13.1. The number of primary amides is 1. The molecule has 1 heterocycles. The van der Waals surface area contributed by atoms with Gasteiger partial charge in [-0.15, -0.1) is 0 Å². The Morgan fingerprint density at radius 2 is 2.05 bits per heavy atom. The van der Waals surface area contributed by atoms with Gasteiger partial charge >= 0.3 is 0 Å². The quantitative estimate of drug-likeness (QED) is 0.842. The van der Waals surface area contributed by atoms with Crippen molar-refractivity contribution in [1.82, 2.24) is 9.80 Å². The molecule has 6 heteroatoms. The second-order valence-corrected chi connectivity index (χ2v) is 6.04. The number of carbonyl (C=O) groups is 1. The number of aliphatic hydroxyl groups is 1. The molecular formula is C16H24FN3O2. The van der Waals surface area contributed by atoms with Gasteiger partial charge in [-0.2, -0.15) is 0 Å². The van der Waals surface area contributed by atoms with E-state index in [0.29, 0.717) is 25.2 Å². The van der Waals surface area contributed by atoms with Crippen LogP contribution in [0.15, 0.2) is 24.3 Å². The van der Waals surface area contributed by atoms with Crippen LogP contribution in [0.2, 0.25) is 0 Å². The van der Waals surface area contributed by atoms with Gasteiger partial charge in [-0.3, -0.25) is 14.6 Å². The van der Waals surface area contributed by atoms with Gasteiger partial charge in [0.1, 0.15) is 11.9 Å². The number of halogens is 1. The Morgan fingerprint density at radius 1 is 1.41 bits per heavy atom. The molecule has 5 nitrogen and oxygen atoms in total. The number of hydrogen-bond acceptors (Lipinski definition) is 4. The predicted octanol–water partition coefficient (Wildman–Crippen LogP) is 0.739. The van der Waals surface area contributed by atoms with E-state index >= 15 is 0 Å². The first-order valence-corrected chi connectivity index (χ1v) is 7.59. The first-order valence-electron chi connectivity index (χ1n) is 7.59. The molecule has 0 radical (unpaired) electrons. The van der Waals surface area contributed by atoms with Crippen molar-refractivity contribution < 1.29 is 14.3 Å². The van der Waals surface area contributed by atoms with Gasteiger partial charge in [-0.25, -0.2) is 4.39 Å². The second kappa shape index (κ2) is 7.17. The van der Waals surface area contributed by atoms with Crippen molar-refractivity contribution in [3.05, 3.63) is 35.6 Å². The van der Waals surface area contributed by atoms with E-state index < -0.39 is 11.9 Å². The van der Waals surface area contributed by atoms with Crippen molar-refractivity contribution in [2.24, 2.45) is 5.73 Å². The fourth-order valence-corrected chi connectivity index (χ4v) is 3.07. The highest BCUT2D eigenvalue weighted by Gasteiger charge is 2.32. The van der Waals surface area contributed by atoms with Crippen molar-refractivity contribution in [3.8, 4) is 0 Å². The molecule has 3 unspecified atom stereocenters. The Balaban J connectivity index is 2.11. The Hall–Kier alpha value is -1.50. The van der Waals surface area contributed by atoms with Gasteiger partial charge in [0.2, 0.25) is 5.91 Å². The average Bonchev–Trinajstić information content (AvgIpc) is 2.43. The van der Waals surface area contributed by atoms with E-state index in [9.17, 15) is 14.3 Å². The highest BCUT2D eigenvalue weighted by Crippen LogP contribution is 2.24. The van der Waals surface area contributed by atoms with Crippen LogP contribution in [0.25, 0.3) is 0 Å². The molecule has 122 valence electrons. The molecule has 0 aromatic heterocycles. The monoisotopic (exact) mass is 309 g/mol. The van der Waals surface area contributed by atoms with Crippen LogP contribution in [0.1, 0.15) is 25.5 Å². The van der Waals surface area contributed by atoms with Gasteiger partial charge in [-0.1, -0.05) is 12.1 Å². The fraction of sp³-hybridized carbons (Fsp3) is 0.562. The zero-order chi connectivity index (χ0) is 16.3. The molecule has 2 rings (SSSR count). The second-order valence-electron chi connectivity index (χ2n) is 6.04. The molecule has 1 aliphatic heterocycles. The molecular weight excluding hydrogens is 285 g/mol. The minimum Gasteiger partial charge on any atom is -0.392 e. The molecule has 0 spiro atoms. The highest BCUT2D eigenvalue weighted by molar-refractivity contribution is 5.81. The van der Waals surface area contributed by atoms with Gasteiger partial charge in [0.15, 0.2) is 0 Å². The Kier molecular flexibility index (Phi) is 5.50. The number of β-amino-alcohol motifs (C(OH)–C–C–N with tert-alkyl or cyclic N) is 1. The van der Waals surface area contributed by atoms with Crippen molar-refractivity contribution in [1.29, 1.82) is 0 Å². The van der Waals surface area contributed by atoms with Crippen molar-refractivity contribution in [2.75, 3.05) is 26.2 Å². The van der Waals surface area contributed by atoms with Gasteiger partial charge in [0.25, 0.3) is 0 Å². The van der Waals surface area contributed by atoms with Crippen LogP contribution in [0.3, 0.4) is 0 Å². The molecule has 0 saturated carbocycles. The van der Waals surface area contributed by atoms with Crippen LogP contribution in [-0.4, -0.2) is 59.1 Å². The summed E-state index contributed by atoms with van der Waals surface area (Å²) in [6.45, 7) is 6.57. The van der Waals surface area contributed by atoms with Gasteiger partial charge < -0.3 is 10.8 Å². The van der Waals surface area contributed by atoms with Crippen molar-refractivity contribution in [2.45, 2.75) is 32.0 Å². The molecule has 3 atom stereocenters. The van der Waals surface area contributed by atoms with E-state index in [0.717, 1.165) is 6.54 Å². The molecule has 1 aliphatic rings. The van der Waals surface area contributed by atoms with E-state index in [-0.39, 0.29) is 18.0 Å². The lowest BCUT2D eigenvalue weighted by Gasteiger charge is -2.42. The highest BCUT2D eigenvalue weighted by atomic mass is 19.1. The Morgan fingerprint density at radius 3 is 2.55 bits per heavy atom. The number of nitrogens with two attached hydrogens (primary N) is 1. The lowest BCUT2D eigenvalue weighted by molar-refractivity contribution is -0.124. The largest absolute Gasteiger partial charge is 0.392 e. The van der Waals surface area contributed by atoms with Crippen LogP contribution in [0.5, 0.6) is 0 Å². The summed E-state index contributed by atoms with van der Waals surface area (Å²) < 4.78 is 13.1. The number of piperazine rings is 1. The smallest absolute Gasteiger partial charge is 0.239 e. The SMILES string of the molecule is CC(O)CN1CCN(C(C(N)=O)c2ccc(F)cc2)CC1C. The summed E-state index contributed by atoms with van der Waals surface area (Å²) in [5, 5.41) is 9.52. The van der Waals surface area contributed by atoms with E-state index in [1.807, 2.05) is 4.90 Å². The summed E-state index contributed by atoms with van der Waals surface area (Å²) in [4.78, 5) is 16.1. The van der Waals surface area contributed by atoms with Gasteiger partial charge in [-0.05, 0) is 31.5 Å². The Labute approximate surface area is 130 Å². The maximum Gasteiger partial charge on any atom is 0.239 e. The molecule has 1 saturated heterocycles. The first kappa shape index (κ1) is 16.9. The normalized spacial score (nSPS) is 23.2. The summed E-state index contributed by atoms with van der Waals surface area (Å²) in [6.07, 6.45) is -0.377. The molecule has 0 aliphatic carbocycles. The molecule has 3 N–H and O–H groups in total. The predicted molar refractivity (Wildman–Crippen MR) is 82.6 cm³/mol. The summed E-state index contributed by atoms with van der Waals surface area (Å²) >= 11 is 0. The standard InChI is InChI=1S/C16H24FN3O2/c1-11-9-20(8-7-19(11)10-12(2)21)15(16(18)22)13-3-5-14(17)6-4-13/h3-6,11-12,15,21H,7-10H2,1-2H3,(H2,18,22). The number of nitrogens with zero attached hydrogens (tertiary/aromatic N) is 2. The minimum atomic E-state index is -0.545. The van der Waals surface area contributed by atoms with E-state index in [1.54, 1.807) is 19.1 Å². The van der Waals surface area contributed by atoms with E-state index in [4.69, 9.17) is 5.73 Å². The maximum absolute atomic E-state index is 13.1. The topological polar surface area (TPSA) is 69.8 Å². The number of aliphatic hydroxyl groups excluding tert-OH is 1. The summed E-state index contributed by atoms with van der Waals surface area (Å²) in [5.74, 6) is -0.759. The minimum absolute atomic E-state index is 0.214. The molecule has 1 aromatic carbocycles. The summed E-state index contributed by atoms with van der Waals surface area (Å²) in [7, 11) is 0. The molecule has 1 aromatic rings. The fourth-order valence-electron chi connectivity index (χ4n) is 3.07. The number of hydrogen-bond donors (Lipinski definition) is 2. The third-order valence-electron chi connectivity index (χ3n) is 4.12. The van der Waals surface area contributed by atoms with Gasteiger partial charge in [0.05, 0.1) is 6.10 Å². The van der Waals surface area contributed by atoms with Crippen molar-refractivity contribution in [3.63, 3.8) is 0 Å². The lowest BCUT2D eigenvalue weighted by atomic mass is 10.0. The lowest BCUT2D eigenvalue weighted by Crippen LogP contribution is -2.55. The first-order chi connectivity index (χ1) is 10.4. The van der Waals surface area contributed by atoms with Crippen LogP contribution >= 0.6 is 0 Å². The summed E-state index contributed by atoms with van der Waals surface area (Å²) in [5.41, 5.74) is 6.28. The maximum atomic E-state index is 13.1. The summed E-state index contributed by atoms with van der Waals surface area (Å²) in [6, 6.07) is 5.58. The number of rotatable bonds is 5. The number of amides is 1. The number of carbonyl (C=O) groups excluding carboxylic acids is 1. The van der Waals surface area contributed by atoms with Gasteiger partial charge in [0, 0.05) is 32.2 Å². The van der Waals surface area contributed by atoms with E-state index in [1.165, 1.54) is 12.1 Å². The molecule has 0 bridgehead atoms. The molecule has 1 fully saturated rings. The number of benzene rings is 1. The van der Waals surface area contributed by atoms with E-state index in [2.05, 4.69) is 11.8 Å². The van der Waals surface area contributed by atoms with Crippen molar-refractivity contribution >= 4 is 5.91 Å². The van der Waals surface area contributed by atoms with Crippen LogP contribution < -0.4 is 5.73 Å². The average molecular weight is 309 g/mol. The molecule has 1 amide bonds. The third-order valence-corrected chi connectivity index (χ3v) is 4.12. The third kappa shape index (κ3) is 4.03. The van der Waals surface area contributed by atoms with Crippen LogP contribution in [0.4, 0.5) is 4.39 Å². The zero-order valence-corrected chi connectivity index (χ0v) is 13.1. The van der Waals surface area contributed by atoms with Crippen LogP contribution in [0, 0.1) is 5.82 Å². The molecule has 22 heavy (non-hydrogen) atoms.